The fourth-order valence-corrected chi connectivity index (χ4v) is 3.67. The number of amides is 1. The van der Waals surface area contributed by atoms with Crippen LogP contribution in [0.1, 0.15) is 19.8 Å². The third-order valence-corrected chi connectivity index (χ3v) is 5.32. The lowest BCUT2D eigenvalue weighted by atomic mass is 10.2. The Balaban J connectivity index is 2.09. The number of nitrogens with two attached hydrogens (primary N) is 1. The maximum absolute atomic E-state index is 12.9. The van der Waals surface area contributed by atoms with Gasteiger partial charge in [-0.25, -0.2) is 4.98 Å². The summed E-state index contributed by atoms with van der Waals surface area (Å²) >= 11 is 7.18. The van der Waals surface area contributed by atoms with E-state index >= 15 is 0 Å². The molecule has 2 N–H and O–H groups in total. The molecule has 1 aromatic carbocycles. The van der Waals surface area contributed by atoms with Gasteiger partial charge in [-0.05, 0) is 38.0 Å². The highest BCUT2D eigenvalue weighted by atomic mass is 35.5. The Morgan fingerprint density at radius 3 is 3.04 bits per heavy atom. The van der Waals surface area contributed by atoms with E-state index in [9.17, 15) is 9.59 Å². The number of ether oxygens (including phenoxy) is 1. The number of halogens is 1. The number of aromatic nitrogens is 2. The maximum Gasteiger partial charge on any atom is 0.262 e. The minimum absolute atomic E-state index is 0.0162. The zero-order chi connectivity index (χ0) is 17.3. The summed E-state index contributed by atoms with van der Waals surface area (Å²) in [7, 11) is 0. The summed E-state index contributed by atoms with van der Waals surface area (Å²) in [5.74, 6) is -0.455. The van der Waals surface area contributed by atoms with Crippen molar-refractivity contribution in [2.24, 2.45) is 5.73 Å². The zero-order valence-electron chi connectivity index (χ0n) is 13.2. The van der Waals surface area contributed by atoms with Gasteiger partial charge in [-0.2, -0.15) is 0 Å². The molecular formula is C16H18ClN3O3S. The van der Waals surface area contributed by atoms with Crippen LogP contribution < -0.4 is 11.3 Å². The summed E-state index contributed by atoms with van der Waals surface area (Å²) in [5, 5.41) is 0.958. The van der Waals surface area contributed by atoms with Crippen LogP contribution in [0.4, 0.5) is 0 Å². The second-order valence-electron chi connectivity index (χ2n) is 5.77. The number of hydrogen-bond acceptors (Lipinski definition) is 5. The minimum atomic E-state index is -0.496. The topological polar surface area (TPSA) is 87.2 Å². The molecule has 0 aliphatic carbocycles. The van der Waals surface area contributed by atoms with E-state index in [1.54, 1.807) is 29.7 Å². The van der Waals surface area contributed by atoms with Crippen LogP contribution in [-0.2, 0) is 16.1 Å². The summed E-state index contributed by atoms with van der Waals surface area (Å²) < 4.78 is 7.22. The smallest absolute Gasteiger partial charge is 0.262 e. The molecule has 2 atom stereocenters. The van der Waals surface area contributed by atoms with Crippen molar-refractivity contribution in [3.8, 4) is 0 Å². The number of carbonyl (C=O) groups excluding carboxylic acids is 1. The minimum Gasteiger partial charge on any atom is -0.376 e. The molecular weight excluding hydrogens is 350 g/mol. The molecule has 3 rings (SSSR count). The van der Waals surface area contributed by atoms with E-state index in [4.69, 9.17) is 22.1 Å². The fraction of sp³-hybridized carbons (Fsp3) is 0.438. The second kappa shape index (κ2) is 7.13. The van der Waals surface area contributed by atoms with Crippen molar-refractivity contribution in [2.75, 3.05) is 6.61 Å². The highest BCUT2D eigenvalue weighted by molar-refractivity contribution is 8.00. The lowest BCUT2D eigenvalue weighted by Crippen LogP contribution is -2.30. The fourth-order valence-electron chi connectivity index (χ4n) is 2.63. The van der Waals surface area contributed by atoms with E-state index in [1.807, 2.05) is 0 Å². The van der Waals surface area contributed by atoms with Gasteiger partial charge in [-0.1, -0.05) is 23.4 Å². The molecule has 0 bridgehead atoms. The number of thioether (sulfide) groups is 1. The molecule has 8 heteroatoms. The van der Waals surface area contributed by atoms with Crippen molar-refractivity contribution in [2.45, 2.75) is 42.8 Å². The zero-order valence-corrected chi connectivity index (χ0v) is 14.8. The van der Waals surface area contributed by atoms with Crippen LogP contribution in [0.15, 0.2) is 28.2 Å². The Bertz CT molecular complexity index is 833. The largest absolute Gasteiger partial charge is 0.376 e. The monoisotopic (exact) mass is 367 g/mol. The molecule has 1 amide bonds. The van der Waals surface area contributed by atoms with Gasteiger partial charge in [0.1, 0.15) is 0 Å². The van der Waals surface area contributed by atoms with Crippen LogP contribution >= 0.6 is 23.4 Å². The molecule has 0 spiro atoms. The van der Waals surface area contributed by atoms with Crippen molar-refractivity contribution < 1.29 is 9.53 Å². The summed E-state index contributed by atoms with van der Waals surface area (Å²) in [5.41, 5.74) is 5.70. The van der Waals surface area contributed by atoms with Gasteiger partial charge in [0.05, 0.1) is 28.8 Å². The molecule has 24 heavy (non-hydrogen) atoms. The molecule has 0 radical (unpaired) electrons. The van der Waals surface area contributed by atoms with E-state index in [1.165, 1.54) is 11.8 Å². The van der Waals surface area contributed by atoms with E-state index in [0.717, 1.165) is 12.8 Å². The molecule has 1 aliphatic rings. The molecule has 6 nitrogen and oxygen atoms in total. The van der Waals surface area contributed by atoms with Gasteiger partial charge in [-0.15, -0.1) is 0 Å². The van der Waals surface area contributed by atoms with Gasteiger partial charge in [0.2, 0.25) is 5.91 Å². The third-order valence-electron chi connectivity index (χ3n) is 3.98. The first-order chi connectivity index (χ1) is 11.5. The first kappa shape index (κ1) is 17.3. The molecule has 1 aromatic heterocycles. The lowest BCUT2D eigenvalue weighted by Gasteiger charge is -2.17. The number of nitrogens with zero attached hydrogens (tertiary/aromatic N) is 2. The lowest BCUT2D eigenvalue weighted by molar-refractivity contribution is -0.117. The van der Waals surface area contributed by atoms with Crippen LogP contribution in [0.2, 0.25) is 5.02 Å². The summed E-state index contributed by atoms with van der Waals surface area (Å²) in [6, 6.07) is 4.99. The van der Waals surface area contributed by atoms with Crippen LogP contribution in [0.5, 0.6) is 0 Å². The maximum atomic E-state index is 12.9. The normalized spacial score (nSPS) is 18.8. The average molecular weight is 368 g/mol. The van der Waals surface area contributed by atoms with Crippen LogP contribution in [-0.4, -0.2) is 33.4 Å². The summed E-state index contributed by atoms with van der Waals surface area (Å²) in [4.78, 5) is 28.8. The molecule has 2 aromatic rings. The quantitative estimate of drug-likeness (QED) is 0.646. The van der Waals surface area contributed by atoms with Crippen LogP contribution in [0, 0.1) is 0 Å². The molecule has 0 unspecified atom stereocenters. The Morgan fingerprint density at radius 1 is 1.58 bits per heavy atom. The molecule has 0 saturated carbocycles. The Hall–Kier alpha value is -1.57. The average Bonchev–Trinajstić information content (AvgIpc) is 3.03. The molecule has 128 valence electrons. The number of primary amides is 1. The van der Waals surface area contributed by atoms with E-state index in [2.05, 4.69) is 4.98 Å². The van der Waals surface area contributed by atoms with Gasteiger partial charge in [0.25, 0.3) is 5.56 Å². The van der Waals surface area contributed by atoms with E-state index in [-0.39, 0.29) is 11.7 Å². The van der Waals surface area contributed by atoms with E-state index in [0.29, 0.717) is 34.2 Å². The summed E-state index contributed by atoms with van der Waals surface area (Å²) in [6.45, 7) is 2.81. The number of rotatable bonds is 5. The summed E-state index contributed by atoms with van der Waals surface area (Å²) in [6.07, 6.45) is 1.87. The van der Waals surface area contributed by atoms with Crippen molar-refractivity contribution in [1.82, 2.24) is 9.55 Å². The number of fused-ring (bicyclic) bond motifs is 1. The van der Waals surface area contributed by atoms with Crippen molar-refractivity contribution in [3.05, 3.63) is 33.6 Å². The van der Waals surface area contributed by atoms with Crippen molar-refractivity contribution >= 4 is 40.2 Å². The highest BCUT2D eigenvalue weighted by Gasteiger charge is 2.22. The standard InChI is InChI=1S/C16H18ClN3O3S/c1-9(14(18)21)24-16-19-13-7-10(17)4-5-12(13)15(22)20(16)8-11-3-2-6-23-11/h4-5,7,9,11H,2-3,6,8H2,1H3,(H2,18,21)/t9-,11+/m1/s1. The number of carbonyl (C=O) groups is 1. The van der Waals surface area contributed by atoms with Crippen LogP contribution in [0.25, 0.3) is 10.9 Å². The first-order valence-corrected chi connectivity index (χ1v) is 8.99. The Morgan fingerprint density at radius 2 is 2.38 bits per heavy atom. The number of hydrogen-bond donors (Lipinski definition) is 1. The first-order valence-electron chi connectivity index (χ1n) is 7.73. The second-order valence-corrected chi connectivity index (χ2v) is 7.51. The Labute approximate surface area is 148 Å². The van der Waals surface area contributed by atoms with Gasteiger partial charge < -0.3 is 10.5 Å². The van der Waals surface area contributed by atoms with Gasteiger partial charge >= 0.3 is 0 Å². The number of benzene rings is 1. The predicted octanol–water partition coefficient (Wildman–Crippen LogP) is 2.19. The highest BCUT2D eigenvalue weighted by Crippen LogP contribution is 2.25. The van der Waals surface area contributed by atoms with Gasteiger partial charge in [-0.3, -0.25) is 14.2 Å². The van der Waals surface area contributed by atoms with E-state index < -0.39 is 11.2 Å². The third kappa shape index (κ3) is 3.58. The van der Waals surface area contributed by atoms with Gasteiger partial charge in [0, 0.05) is 11.6 Å². The predicted molar refractivity (Wildman–Crippen MR) is 94.5 cm³/mol. The van der Waals surface area contributed by atoms with Crippen molar-refractivity contribution in [3.63, 3.8) is 0 Å². The molecule has 1 fully saturated rings. The molecule has 1 saturated heterocycles. The van der Waals surface area contributed by atoms with Crippen molar-refractivity contribution in [1.29, 1.82) is 0 Å². The van der Waals surface area contributed by atoms with Gasteiger partial charge in [0.15, 0.2) is 5.16 Å². The molecule has 1 aliphatic heterocycles. The van der Waals surface area contributed by atoms with Crippen LogP contribution in [0.3, 0.4) is 0 Å². The molecule has 2 heterocycles. The Kier molecular flexibility index (Phi) is 5.12. The SMILES string of the molecule is C[C@@H](Sc1nc2cc(Cl)ccc2c(=O)n1C[C@@H]1CCCO1)C(N)=O.